The van der Waals surface area contributed by atoms with Crippen molar-refractivity contribution < 1.29 is 31.9 Å². The number of hydrogen-bond acceptors (Lipinski definition) is 6. The number of carbonyl (C=O) groups excluding carboxylic acids is 1. The number of benzene rings is 1. The second-order valence-corrected chi connectivity index (χ2v) is 11.8. The van der Waals surface area contributed by atoms with Crippen LogP contribution in [0.2, 0.25) is 0 Å². The van der Waals surface area contributed by atoms with Gasteiger partial charge >= 0.3 is 6.18 Å². The van der Waals surface area contributed by atoms with Crippen molar-refractivity contribution in [1.82, 2.24) is 9.97 Å². The summed E-state index contributed by atoms with van der Waals surface area (Å²) in [7, 11) is -4.51. The van der Waals surface area contributed by atoms with Gasteiger partial charge < -0.3 is 9.69 Å². The summed E-state index contributed by atoms with van der Waals surface area (Å²) in [6.45, 7) is -0.507. The lowest BCUT2D eigenvalue weighted by atomic mass is 9.96. The summed E-state index contributed by atoms with van der Waals surface area (Å²) < 4.78 is 106. The van der Waals surface area contributed by atoms with Crippen molar-refractivity contribution >= 4 is 27.4 Å². The Bertz CT molecular complexity index is 1660. The molecule has 0 atom stereocenters. The fourth-order valence-corrected chi connectivity index (χ4v) is 5.63. The minimum atomic E-state index is -4.83. The molecule has 0 aliphatic carbocycles. The van der Waals surface area contributed by atoms with Crippen LogP contribution in [0.1, 0.15) is 81.3 Å². The van der Waals surface area contributed by atoms with Crippen molar-refractivity contribution in [2.24, 2.45) is 0 Å². The molecule has 0 amide bonds. The first-order valence-electron chi connectivity index (χ1n) is 15.9. The second kappa shape index (κ2) is 14.1. The number of aryl methyl sites for hydroxylation is 1. The van der Waals surface area contributed by atoms with Crippen LogP contribution in [0.25, 0.3) is 11.3 Å². The van der Waals surface area contributed by atoms with Gasteiger partial charge in [-0.2, -0.15) is 21.6 Å². The molecule has 1 aliphatic heterocycles. The third kappa shape index (κ3) is 8.53. The van der Waals surface area contributed by atoms with Crippen LogP contribution in [0.3, 0.4) is 0 Å². The summed E-state index contributed by atoms with van der Waals surface area (Å²) in [4.78, 5) is 21.3. The number of ketones is 1. The van der Waals surface area contributed by atoms with Gasteiger partial charge in [0.15, 0.2) is 5.03 Å². The van der Waals surface area contributed by atoms with E-state index in [1.165, 1.54) is 42.2 Å². The van der Waals surface area contributed by atoms with E-state index in [4.69, 9.17) is 5.48 Å². The number of hydrogen-bond donors (Lipinski definition) is 1. The highest BCUT2D eigenvalue weighted by Gasteiger charge is 2.35. The first-order chi connectivity index (χ1) is 21.5. The van der Waals surface area contributed by atoms with E-state index in [9.17, 15) is 26.4 Å². The molecule has 226 valence electrons. The average molecular weight is 607 g/mol. The first kappa shape index (κ1) is 26.2. The smallest absolute Gasteiger partial charge is 0.357 e. The zero-order valence-corrected chi connectivity index (χ0v) is 24.2. The van der Waals surface area contributed by atoms with Crippen LogP contribution in [0.4, 0.5) is 24.8 Å². The molecule has 0 unspecified atom stereocenters. The fourth-order valence-electron chi connectivity index (χ4n) is 4.66. The third-order valence-corrected chi connectivity index (χ3v) is 8.06. The molecular weight excluding hydrogens is 565 g/mol. The Morgan fingerprint density at radius 2 is 1.74 bits per heavy atom. The van der Waals surface area contributed by atoms with Crippen molar-refractivity contribution in [2.45, 2.75) is 82.3 Å². The minimum Gasteiger partial charge on any atom is -0.357 e. The Labute approximate surface area is 251 Å². The monoisotopic (exact) mass is 606 g/mol. The Morgan fingerprint density at radius 3 is 2.50 bits per heavy atom. The number of aromatic nitrogens is 2. The lowest BCUT2D eigenvalue weighted by Gasteiger charge is -2.24. The molecule has 11 heteroatoms. The highest BCUT2D eigenvalue weighted by atomic mass is 32.2. The molecule has 1 aliphatic rings. The maximum Gasteiger partial charge on any atom is 0.418 e. The van der Waals surface area contributed by atoms with Gasteiger partial charge in [-0.1, -0.05) is 62.4 Å². The van der Waals surface area contributed by atoms with Crippen LogP contribution >= 0.6 is 0 Å². The number of pyridine rings is 2. The summed E-state index contributed by atoms with van der Waals surface area (Å²) >= 11 is 0. The molecule has 7 nitrogen and oxygen atoms in total. The molecule has 0 fully saturated rings. The Hall–Kier alpha value is -3.47. The van der Waals surface area contributed by atoms with Gasteiger partial charge in [0.05, 0.1) is 11.3 Å². The zero-order valence-electron chi connectivity index (χ0n) is 27.4. The molecule has 0 spiro atoms. The largest absolute Gasteiger partial charge is 0.418 e. The van der Waals surface area contributed by atoms with E-state index in [1.807, 2.05) is 0 Å². The molecular formula is C31H37F3N4O3S. The van der Waals surface area contributed by atoms with Gasteiger partial charge in [-0.05, 0) is 62.4 Å². The molecule has 3 aromatic rings. The zero-order chi connectivity index (χ0) is 33.8. The van der Waals surface area contributed by atoms with Gasteiger partial charge in [0.1, 0.15) is 17.4 Å². The Morgan fingerprint density at radius 1 is 1.00 bits per heavy atom. The molecule has 2 aromatic heterocycles. The quantitative estimate of drug-likeness (QED) is 0.332. The Kier molecular flexibility index (Phi) is 8.81. The number of sulfonamides is 1. The number of fused-ring (bicyclic) bond motifs is 6. The summed E-state index contributed by atoms with van der Waals surface area (Å²) in [6, 6.07) is 11.8. The van der Waals surface area contributed by atoms with Crippen LogP contribution in [0.15, 0.2) is 59.6 Å². The van der Waals surface area contributed by atoms with Crippen molar-refractivity contribution in [2.75, 3.05) is 22.7 Å². The first-order valence-corrected chi connectivity index (χ1v) is 15.4. The Balaban J connectivity index is 1.82. The maximum absolute atomic E-state index is 14.2. The summed E-state index contributed by atoms with van der Waals surface area (Å²) in [5.74, 6) is -0.582. The molecule has 4 bridgehead atoms. The number of Topliss-reactive ketones (excluding diaryl/α,β-unsaturated/α-hetero) is 1. The van der Waals surface area contributed by atoms with Gasteiger partial charge in [0.25, 0.3) is 10.0 Å². The molecule has 0 radical (unpaired) electrons. The lowest BCUT2D eigenvalue weighted by molar-refractivity contribution is -0.137. The van der Waals surface area contributed by atoms with Crippen LogP contribution < -0.4 is 9.62 Å². The van der Waals surface area contributed by atoms with Crippen molar-refractivity contribution in [3.05, 3.63) is 65.7 Å². The van der Waals surface area contributed by atoms with E-state index in [0.717, 1.165) is 18.6 Å². The predicted molar refractivity (Wildman–Crippen MR) is 158 cm³/mol. The summed E-state index contributed by atoms with van der Waals surface area (Å²) in [6.07, 6.45) is -3.54. The van der Waals surface area contributed by atoms with Gasteiger partial charge in [0.2, 0.25) is 0 Å². The fraction of sp³-hybridized carbons (Fsp3) is 0.452. The lowest BCUT2D eigenvalue weighted by Crippen LogP contribution is -2.28. The van der Waals surface area contributed by atoms with E-state index in [-0.39, 0.29) is 49.4 Å². The molecule has 1 aromatic carbocycles. The van der Waals surface area contributed by atoms with Gasteiger partial charge in [0, 0.05) is 30.5 Å². The number of nitrogens with one attached hydrogen (secondary N) is 1. The molecule has 0 saturated carbocycles. The van der Waals surface area contributed by atoms with Crippen molar-refractivity contribution in [3.8, 4) is 11.3 Å². The number of carbonyl (C=O) groups is 1. The van der Waals surface area contributed by atoms with E-state index < -0.39 is 51.2 Å². The van der Waals surface area contributed by atoms with Crippen LogP contribution in [0, 0.1) is 0 Å². The van der Waals surface area contributed by atoms with E-state index >= 15 is 0 Å². The summed E-state index contributed by atoms with van der Waals surface area (Å²) in [5, 5.41) is -0.497. The van der Waals surface area contributed by atoms with Gasteiger partial charge in [-0.3, -0.25) is 4.72 Å². The summed E-state index contributed by atoms with van der Waals surface area (Å²) in [5.41, 5.74) is -1.29. The SMILES string of the molecule is [2H]C1([2H])CCCCCCCN(C([2H])([2H])CCC(C)=O)c2cccc(n2)S(=O)(=O)Nc2ccc(C(F)(F)F)c(n2)-c2ccccc2C1. The van der Waals surface area contributed by atoms with Crippen LogP contribution in [0.5, 0.6) is 0 Å². The highest BCUT2D eigenvalue weighted by Crippen LogP contribution is 2.38. The number of halogens is 3. The molecule has 0 saturated heterocycles. The minimum absolute atomic E-state index is 0.0222. The molecule has 3 heterocycles. The second-order valence-electron chi connectivity index (χ2n) is 10.1. The topological polar surface area (TPSA) is 92.3 Å². The number of rotatable bonds is 4. The van der Waals surface area contributed by atoms with Gasteiger partial charge in [-0.25, -0.2) is 9.97 Å². The molecule has 42 heavy (non-hydrogen) atoms. The third-order valence-electron chi connectivity index (χ3n) is 6.80. The van der Waals surface area contributed by atoms with Crippen LogP contribution in [-0.2, 0) is 27.4 Å². The standard InChI is InChI=1S/C31H37F3N4O3S/c1-23(39)13-12-22-38-21-10-6-4-2-3-5-7-14-24-15-8-9-16-25(24)30-26(31(32,33)34)19-20-27(35-30)37-42(40,41)29-18-11-17-28(38)36-29/h8-9,11,15-20H,2-7,10,12-14,21-22H2,1H3,(H,35,37)/i7D2,22D2. The molecule has 1 N–H and O–H groups in total. The van der Waals surface area contributed by atoms with E-state index in [0.29, 0.717) is 31.2 Å². The van der Waals surface area contributed by atoms with Crippen LogP contribution in [-0.4, -0.2) is 37.2 Å². The average Bonchev–Trinajstić information content (AvgIpc) is 2.96. The molecule has 4 rings (SSSR count). The van der Waals surface area contributed by atoms with E-state index in [1.54, 1.807) is 12.1 Å². The van der Waals surface area contributed by atoms with Gasteiger partial charge in [-0.15, -0.1) is 0 Å². The normalized spacial score (nSPS) is 19.6. The van der Waals surface area contributed by atoms with E-state index in [2.05, 4.69) is 14.7 Å². The number of alkyl halides is 3. The number of nitrogens with zero attached hydrogens (tertiary/aromatic N) is 3. The maximum atomic E-state index is 14.2. The van der Waals surface area contributed by atoms with Crippen molar-refractivity contribution in [1.29, 1.82) is 0 Å². The number of anilines is 2. The van der Waals surface area contributed by atoms with Crippen molar-refractivity contribution in [3.63, 3.8) is 0 Å². The highest BCUT2D eigenvalue weighted by molar-refractivity contribution is 7.92. The predicted octanol–water partition coefficient (Wildman–Crippen LogP) is 7.43.